The van der Waals surface area contributed by atoms with Gasteiger partial charge in [0.1, 0.15) is 0 Å². The first-order valence-corrected chi connectivity index (χ1v) is 9.62. The van der Waals surface area contributed by atoms with Crippen molar-refractivity contribution >= 4 is 16.8 Å². The summed E-state index contributed by atoms with van der Waals surface area (Å²) < 4.78 is 5.50. The van der Waals surface area contributed by atoms with E-state index in [1.54, 1.807) is 0 Å². The van der Waals surface area contributed by atoms with E-state index >= 15 is 0 Å². The number of para-hydroxylation sites is 1. The Morgan fingerprint density at radius 3 is 2.71 bits per heavy atom. The summed E-state index contributed by atoms with van der Waals surface area (Å²) in [6.45, 7) is 0.603. The Bertz CT molecular complexity index is 1120. The van der Waals surface area contributed by atoms with Gasteiger partial charge in [-0.05, 0) is 30.9 Å². The lowest BCUT2D eigenvalue weighted by molar-refractivity contribution is -0.123. The summed E-state index contributed by atoms with van der Waals surface area (Å²) in [5.41, 5.74) is 3.51. The molecule has 4 aromatic rings. The van der Waals surface area contributed by atoms with E-state index in [0.29, 0.717) is 12.3 Å². The largest absolute Gasteiger partial charge is 0.361 e. The van der Waals surface area contributed by atoms with Crippen molar-refractivity contribution in [1.29, 1.82) is 0 Å². The molecule has 0 radical (unpaired) electrons. The van der Waals surface area contributed by atoms with Crippen molar-refractivity contribution in [3.05, 3.63) is 78.1 Å². The van der Waals surface area contributed by atoms with Crippen LogP contribution in [-0.4, -0.2) is 22.6 Å². The predicted octanol–water partition coefficient (Wildman–Crippen LogP) is 4.21. The van der Waals surface area contributed by atoms with E-state index < -0.39 is 5.41 Å². The number of hydrogen-bond acceptors (Lipinski definition) is 3. The lowest BCUT2D eigenvalue weighted by Crippen LogP contribution is -2.36. The summed E-state index contributed by atoms with van der Waals surface area (Å²) in [6.07, 6.45) is 4.44. The van der Waals surface area contributed by atoms with Gasteiger partial charge in [0, 0.05) is 35.3 Å². The van der Waals surface area contributed by atoms with Gasteiger partial charge < -0.3 is 14.8 Å². The third kappa shape index (κ3) is 2.89. The molecule has 0 saturated heterocycles. The van der Waals surface area contributed by atoms with Crippen molar-refractivity contribution < 1.29 is 9.32 Å². The van der Waals surface area contributed by atoms with Gasteiger partial charge in [-0.3, -0.25) is 4.79 Å². The van der Waals surface area contributed by atoms with Crippen LogP contribution in [0, 0.1) is 0 Å². The zero-order valence-corrected chi connectivity index (χ0v) is 15.4. The lowest BCUT2D eigenvalue weighted by Gasteiger charge is -2.12. The SMILES string of the molecule is O=C(NCCc1c[nH]c2ccccc12)C1(c2cc(-c3ccccc3)on2)CC1. The minimum absolute atomic E-state index is 0.0419. The standard InChI is InChI=1S/C23H21N3O2/c27-22(24-13-10-17-15-25-19-9-5-4-8-18(17)19)23(11-12-23)21-14-20(28-26-21)16-6-2-1-3-7-16/h1-9,14-15,25H,10-13H2,(H,24,27). The molecule has 2 aromatic heterocycles. The first kappa shape index (κ1) is 16.8. The second kappa shape index (κ2) is 6.68. The molecule has 1 amide bonds. The second-order valence-electron chi connectivity index (χ2n) is 7.39. The number of nitrogens with zero attached hydrogens (tertiary/aromatic N) is 1. The van der Waals surface area contributed by atoms with Crippen LogP contribution in [0.4, 0.5) is 0 Å². The minimum atomic E-state index is -0.531. The van der Waals surface area contributed by atoms with E-state index in [2.05, 4.69) is 27.6 Å². The first-order chi connectivity index (χ1) is 13.8. The Balaban J connectivity index is 1.26. The molecule has 5 nitrogen and oxygen atoms in total. The molecule has 1 aliphatic carbocycles. The van der Waals surface area contributed by atoms with E-state index in [0.717, 1.165) is 36.0 Å². The summed E-state index contributed by atoms with van der Waals surface area (Å²) in [7, 11) is 0. The highest BCUT2D eigenvalue weighted by Gasteiger charge is 2.53. The predicted molar refractivity (Wildman–Crippen MR) is 108 cm³/mol. The Labute approximate surface area is 162 Å². The van der Waals surface area contributed by atoms with Crippen LogP contribution in [0.15, 0.2) is 71.4 Å². The van der Waals surface area contributed by atoms with Gasteiger partial charge in [-0.1, -0.05) is 53.7 Å². The molecule has 1 saturated carbocycles. The van der Waals surface area contributed by atoms with Crippen LogP contribution in [0.1, 0.15) is 24.1 Å². The molecule has 28 heavy (non-hydrogen) atoms. The van der Waals surface area contributed by atoms with Gasteiger partial charge in [0.2, 0.25) is 5.91 Å². The van der Waals surface area contributed by atoms with Gasteiger partial charge in [-0.25, -0.2) is 0 Å². The van der Waals surface area contributed by atoms with Crippen molar-refractivity contribution in [1.82, 2.24) is 15.5 Å². The van der Waals surface area contributed by atoms with Gasteiger partial charge in [0.25, 0.3) is 0 Å². The zero-order chi connectivity index (χ0) is 19.0. The van der Waals surface area contributed by atoms with Gasteiger partial charge in [-0.15, -0.1) is 0 Å². The van der Waals surface area contributed by atoms with Crippen molar-refractivity contribution in [2.45, 2.75) is 24.7 Å². The van der Waals surface area contributed by atoms with Crippen LogP contribution < -0.4 is 5.32 Å². The van der Waals surface area contributed by atoms with Crippen LogP contribution in [0.5, 0.6) is 0 Å². The number of fused-ring (bicyclic) bond motifs is 1. The number of carbonyl (C=O) groups excluding carboxylic acids is 1. The Morgan fingerprint density at radius 2 is 1.89 bits per heavy atom. The molecular formula is C23H21N3O2. The van der Waals surface area contributed by atoms with Crippen LogP contribution in [-0.2, 0) is 16.6 Å². The smallest absolute Gasteiger partial charge is 0.232 e. The highest BCUT2D eigenvalue weighted by atomic mass is 16.5. The number of hydrogen-bond donors (Lipinski definition) is 2. The van der Waals surface area contributed by atoms with Gasteiger partial charge in [0.15, 0.2) is 5.76 Å². The number of aromatic nitrogens is 2. The highest BCUT2D eigenvalue weighted by Crippen LogP contribution is 2.48. The van der Waals surface area contributed by atoms with E-state index in [1.807, 2.05) is 54.7 Å². The van der Waals surface area contributed by atoms with Crippen molar-refractivity contribution in [2.75, 3.05) is 6.54 Å². The molecule has 0 unspecified atom stereocenters. The van der Waals surface area contributed by atoms with Crippen LogP contribution in [0.2, 0.25) is 0 Å². The van der Waals surface area contributed by atoms with E-state index in [1.165, 1.54) is 10.9 Å². The molecule has 1 aliphatic rings. The molecule has 0 spiro atoms. The Hall–Kier alpha value is -3.34. The Kier molecular flexibility index (Phi) is 4.01. The Morgan fingerprint density at radius 1 is 1.11 bits per heavy atom. The normalized spacial score (nSPS) is 14.9. The third-order valence-electron chi connectivity index (χ3n) is 5.60. The number of nitrogens with one attached hydrogen (secondary N) is 2. The summed E-state index contributed by atoms with van der Waals surface area (Å²) in [4.78, 5) is 16.1. The monoisotopic (exact) mass is 371 g/mol. The summed E-state index contributed by atoms with van der Waals surface area (Å²) in [5, 5.41) is 8.52. The average Bonchev–Trinajstić information content (AvgIpc) is 3.22. The fraction of sp³-hybridized carbons (Fsp3) is 0.217. The third-order valence-corrected chi connectivity index (χ3v) is 5.60. The fourth-order valence-corrected chi connectivity index (χ4v) is 3.78. The fourth-order valence-electron chi connectivity index (χ4n) is 3.78. The molecule has 1 fully saturated rings. The zero-order valence-electron chi connectivity index (χ0n) is 15.4. The number of benzene rings is 2. The number of carbonyl (C=O) groups is 1. The minimum Gasteiger partial charge on any atom is -0.361 e. The molecule has 0 aliphatic heterocycles. The van der Waals surface area contributed by atoms with Gasteiger partial charge >= 0.3 is 0 Å². The highest BCUT2D eigenvalue weighted by molar-refractivity contribution is 5.91. The molecule has 2 aromatic carbocycles. The molecule has 2 N–H and O–H groups in total. The number of rotatable bonds is 6. The van der Waals surface area contributed by atoms with E-state index in [9.17, 15) is 4.79 Å². The van der Waals surface area contributed by atoms with Gasteiger partial charge in [0.05, 0.1) is 11.1 Å². The second-order valence-corrected chi connectivity index (χ2v) is 7.39. The molecule has 0 bridgehead atoms. The molecule has 140 valence electrons. The maximum Gasteiger partial charge on any atom is 0.232 e. The summed E-state index contributed by atoms with van der Waals surface area (Å²) >= 11 is 0. The quantitative estimate of drug-likeness (QED) is 0.533. The topological polar surface area (TPSA) is 70.9 Å². The van der Waals surface area contributed by atoms with E-state index in [-0.39, 0.29) is 5.91 Å². The van der Waals surface area contributed by atoms with E-state index in [4.69, 9.17) is 4.52 Å². The van der Waals surface area contributed by atoms with Crippen LogP contribution in [0.25, 0.3) is 22.2 Å². The maximum atomic E-state index is 12.9. The number of H-pyrrole nitrogens is 1. The van der Waals surface area contributed by atoms with Crippen molar-refractivity contribution in [3.63, 3.8) is 0 Å². The van der Waals surface area contributed by atoms with Crippen LogP contribution >= 0.6 is 0 Å². The number of aromatic amines is 1. The van der Waals surface area contributed by atoms with Crippen molar-refractivity contribution in [2.24, 2.45) is 0 Å². The average molecular weight is 371 g/mol. The molecular weight excluding hydrogens is 350 g/mol. The molecule has 5 heteroatoms. The molecule has 5 rings (SSSR count). The molecule has 2 heterocycles. The summed E-state index contributed by atoms with van der Waals surface area (Å²) in [6, 6.07) is 20.0. The van der Waals surface area contributed by atoms with Crippen LogP contribution in [0.3, 0.4) is 0 Å². The summed E-state index contributed by atoms with van der Waals surface area (Å²) in [5.74, 6) is 0.744. The van der Waals surface area contributed by atoms with Gasteiger partial charge in [-0.2, -0.15) is 0 Å². The number of amides is 1. The maximum absolute atomic E-state index is 12.9. The first-order valence-electron chi connectivity index (χ1n) is 9.62. The molecule has 0 atom stereocenters. The lowest BCUT2D eigenvalue weighted by atomic mass is 10.00. The van der Waals surface area contributed by atoms with Crippen molar-refractivity contribution in [3.8, 4) is 11.3 Å².